The van der Waals surface area contributed by atoms with E-state index in [1.165, 1.54) is 12.8 Å². The average Bonchev–Trinajstić information content (AvgIpc) is 2.51. The van der Waals surface area contributed by atoms with Crippen LogP contribution in [-0.2, 0) is 7.05 Å². The van der Waals surface area contributed by atoms with Crippen molar-refractivity contribution in [2.24, 2.45) is 12.8 Å². The van der Waals surface area contributed by atoms with E-state index in [1.807, 2.05) is 20.0 Å². The molecule has 0 aliphatic carbocycles. The molecule has 0 saturated carbocycles. The fraction of sp³-hybridized carbons (Fsp3) is 0.727. The Labute approximate surface area is 91.4 Å². The average molecular weight is 211 g/mol. The van der Waals surface area contributed by atoms with Gasteiger partial charge in [0.2, 0.25) is 5.88 Å². The van der Waals surface area contributed by atoms with Gasteiger partial charge in [0.05, 0.1) is 12.3 Å². The van der Waals surface area contributed by atoms with E-state index in [2.05, 4.69) is 5.10 Å². The highest BCUT2D eigenvalue weighted by atomic mass is 16.5. The summed E-state index contributed by atoms with van der Waals surface area (Å²) in [6.45, 7) is 3.53. The first-order valence-corrected chi connectivity index (χ1v) is 5.57. The molecule has 0 bridgehead atoms. The van der Waals surface area contributed by atoms with Crippen molar-refractivity contribution in [2.75, 3.05) is 13.2 Å². The predicted octanol–water partition coefficient (Wildman–Crippen LogP) is 1.63. The molecule has 0 atom stereocenters. The van der Waals surface area contributed by atoms with E-state index in [1.54, 1.807) is 4.68 Å². The molecular formula is C11H21N3O. The molecule has 0 amide bonds. The van der Waals surface area contributed by atoms with Gasteiger partial charge in [-0.05, 0) is 26.3 Å². The Kier molecular flexibility index (Phi) is 5.18. The topological polar surface area (TPSA) is 53.1 Å². The van der Waals surface area contributed by atoms with Crippen molar-refractivity contribution in [3.8, 4) is 5.88 Å². The molecule has 0 fully saturated rings. The summed E-state index contributed by atoms with van der Waals surface area (Å²) in [5.41, 5.74) is 6.41. The van der Waals surface area contributed by atoms with Crippen LogP contribution in [0, 0.1) is 6.92 Å². The summed E-state index contributed by atoms with van der Waals surface area (Å²) in [5.74, 6) is 0.853. The minimum atomic E-state index is 0.767. The molecule has 1 aromatic rings. The Morgan fingerprint density at radius 1 is 1.33 bits per heavy atom. The van der Waals surface area contributed by atoms with Crippen molar-refractivity contribution < 1.29 is 4.74 Å². The lowest BCUT2D eigenvalue weighted by atomic mass is 10.2. The lowest BCUT2D eigenvalue weighted by Gasteiger charge is -2.05. The maximum Gasteiger partial charge on any atom is 0.211 e. The van der Waals surface area contributed by atoms with Gasteiger partial charge in [-0.15, -0.1) is 0 Å². The van der Waals surface area contributed by atoms with Crippen LogP contribution in [0.4, 0.5) is 0 Å². The number of ether oxygens (including phenoxy) is 1. The van der Waals surface area contributed by atoms with E-state index in [0.717, 1.165) is 37.6 Å². The Morgan fingerprint density at radius 2 is 2.07 bits per heavy atom. The maximum absolute atomic E-state index is 5.61. The molecule has 0 aliphatic heterocycles. The van der Waals surface area contributed by atoms with Gasteiger partial charge in [-0.2, -0.15) is 5.10 Å². The van der Waals surface area contributed by atoms with Crippen molar-refractivity contribution in [1.29, 1.82) is 0 Å². The third kappa shape index (κ3) is 4.34. The van der Waals surface area contributed by atoms with Crippen molar-refractivity contribution in [2.45, 2.75) is 32.6 Å². The van der Waals surface area contributed by atoms with Crippen LogP contribution in [0.5, 0.6) is 5.88 Å². The molecule has 4 nitrogen and oxygen atoms in total. The van der Waals surface area contributed by atoms with Gasteiger partial charge in [0, 0.05) is 13.1 Å². The molecule has 0 saturated heterocycles. The maximum atomic E-state index is 5.61. The zero-order valence-corrected chi connectivity index (χ0v) is 9.70. The summed E-state index contributed by atoms with van der Waals surface area (Å²) in [5, 5.41) is 4.21. The van der Waals surface area contributed by atoms with Crippen LogP contribution in [0.1, 0.15) is 31.4 Å². The molecule has 0 radical (unpaired) electrons. The summed E-state index contributed by atoms with van der Waals surface area (Å²) < 4.78 is 7.38. The van der Waals surface area contributed by atoms with Gasteiger partial charge in [0.25, 0.3) is 0 Å². The first-order chi connectivity index (χ1) is 7.24. The summed E-state index contributed by atoms with van der Waals surface area (Å²) in [6.07, 6.45) is 4.59. The summed E-state index contributed by atoms with van der Waals surface area (Å²) >= 11 is 0. The van der Waals surface area contributed by atoms with Gasteiger partial charge in [-0.1, -0.05) is 12.8 Å². The molecule has 1 aromatic heterocycles. The quantitative estimate of drug-likeness (QED) is 0.697. The zero-order chi connectivity index (χ0) is 11.1. The Morgan fingerprint density at radius 3 is 2.67 bits per heavy atom. The molecular weight excluding hydrogens is 190 g/mol. The second kappa shape index (κ2) is 6.45. The molecule has 0 aromatic carbocycles. The molecule has 86 valence electrons. The molecule has 2 N–H and O–H groups in total. The first-order valence-electron chi connectivity index (χ1n) is 5.57. The highest BCUT2D eigenvalue weighted by Gasteiger charge is 2.01. The number of nitrogens with two attached hydrogens (primary N) is 1. The SMILES string of the molecule is Cc1cc(OCCCCCCN)n(C)n1. The minimum Gasteiger partial charge on any atom is -0.478 e. The molecule has 0 aliphatic rings. The second-order valence-electron chi connectivity index (χ2n) is 3.80. The summed E-state index contributed by atoms with van der Waals surface area (Å²) in [6, 6.07) is 1.96. The van der Waals surface area contributed by atoms with Crippen LogP contribution in [0.25, 0.3) is 0 Å². The number of aryl methyl sites for hydroxylation is 2. The molecule has 15 heavy (non-hydrogen) atoms. The third-order valence-corrected chi connectivity index (χ3v) is 2.31. The first kappa shape index (κ1) is 12.0. The number of aromatic nitrogens is 2. The van der Waals surface area contributed by atoms with E-state index >= 15 is 0 Å². The number of hydrogen-bond acceptors (Lipinski definition) is 3. The Hall–Kier alpha value is -1.03. The van der Waals surface area contributed by atoms with Crippen LogP contribution >= 0.6 is 0 Å². The zero-order valence-electron chi connectivity index (χ0n) is 9.70. The molecule has 4 heteroatoms. The van der Waals surface area contributed by atoms with E-state index in [9.17, 15) is 0 Å². The predicted molar refractivity (Wildman–Crippen MR) is 61.0 cm³/mol. The van der Waals surface area contributed by atoms with Gasteiger partial charge in [0.15, 0.2) is 0 Å². The highest BCUT2D eigenvalue weighted by Crippen LogP contribution is 2.11. The summed E-state index contributed by atoms with van der Waals surface area (Å²) in [4.78, 5) is 0. The number of unbranched alkanes of at least 4 members (excludes halogenated alkanes) is 3. The Balaban J connectivity index is 2.12. The number of rotatable bonds is 7. The summed E-state index contributed by atoms with van der Waals surface area (Å²) in [7, 11) is 1.90. The molecule has 0 unspecified atom stereocenters. The van der Waals surface area contributed by atoms with Gasteiger partial charge >= 0.3 is 0 Å². The van der Waals surface area contributed by atoms with Gasteiger partial charge in [-0.25, -0.2) is 4.68 Å². The number of hydrogen-bond donors (Lipinski definition) is 1. The van der Waals surface area contributed by atoms with Crippen LogP contribution in [-0.4, -0.2) is 22.9 Å². The molecule has 1 heterocycles. The van der Waals surface area contributed by atoms with Gasteiger partial charge in [0.1, 0.15) is 0 Å². The largest absolute Gasteiger partial charge is 0.478 e. The standard InChI is InChI=1S/C11H21N3O/c1-10-9-11(14(2)13-10)15-8-6-4-3-5-7-12/h9H,3-8,12H2,1-2H3. The number of nitrogens with zero attached hydrogens (tertiary/aromatic N) is 2. The van der Waals surface area contributed by atoms with Crippen molar-refractivity contribution in [3.05, 3.63) is 11.8 Å². The van der Waals surface area contributed by atoms with Crippen molar-refractivity contribution in [1.82, 2.24) is 9.78 Å². The van der Waals surface area contributed by atoms with Crippen molar-refractivity contribution in [3.63, 3.8) is 0 Å². The second-order valence-corrected chi connectivity index (χ2v) is 3.80. The fourth-order valence-corrected chi connectivity index (χ4v) is 1.50. The van der Waals surface area contributed by atoms with E-state index < -0.39 is 0 Å². The highest BCUT2D eigenvalue weighted by molar-refractivity contribution is 5.14. The van der Waals surface area contributed by atoms with Crippen LogP contribution in [0.3, 0.4) is 0 Å². The normalized spacial score (nSPS) is 10.6. The minimum absolute atomic E-state index is 0.767. The van der Waals surface area contributed by atoms with E-state index in [-0.39, 0.29) is 0 Å². The van der Waals surface area contributed by atoms with E-state index in [0.29, 0.717) is 0 Å². The van der Waals surface area contributed by atoms with Gasteiger partial charge < -0.3 is 10.5 Å². The van der Waals surface area contributed by atoms with Crippen LogP contribution in [0.15, 0.2) is 6.07 Å². The molecule has 0 spiro atoms. The smallest absolute Gasteiger partial charge is 0.211 e. The lowest BCUT2D eigenvalue weighted by Crippen LogP contribution is -2.03. The van der Waals surface area contributed by atoms with E-state index in [4.69, 9.17) is 10.5 Å². The van der Waals surface area contributed by atoms with Gasteiger partial charge in [-0.3, -0.25) is 0 Å². The van der Waals surface area contributed by atoms with Crippen LogP contribution < -0.4 is 10.5 Å². The van der Waals surface area contributed by atoms with Crippen LogP contribution in [0.2, 0.25) is 0 Å². The fourth-order valence-electron chi connectivity index (χ4n) is 1.50. The van der Waals surface area contributed by atoms with Crippen molar-refractivity contribution >= 4 is 0 Å². The molecule has 1 rings (SSSR count). The monoisotopic (exact) mass is 211 g/mol. The Bertz CT molecular complexity index is 283. The lowest BCUT2D eigenvalue weighted by molar-refractivity contribution is 0.280. The third-order valence-electron chi connectivity index (χ3n) is 2.31.